The number of aliphatic hydroxyl groups is 1. The lowest BCUT2D eigenvalue weighted by Crippen LogP contribution is -2.21. The molecule has 43 heavy (non-hydrogen) atoms. The molecule has 0 aromatic rings. The minimum atomic E-state index is -0.549. The molecular weight excluding hydrogens is 524 g/mol. The third-order valence-electron chi connectivity index (χ3n) is 7.95. The van der Waals surface area contributed by atoms with Crippen LogP contribution in [0.4, 0.5) is 0 Å². The van der Waals surface area contributed by atoms with Crippen LogP contribution < -0.4 is 0 Å². The lowest BCUT2D eigenvalue weighted by Gasteiger charge is -2.22. The van der Waals surface area contributed by atoms with Crippen molar-refractivity contribution in [3.8, 4) is 0 Å². The fourth-order valence-electron chi connectivity index (χ4n) is 4.65. The maximum atomic E-state index is 9.85. The van der Waals surface area contributed by atoms with Crippen LogP contribution in [0, 0.1) is 0 Å². The quantitative estimate of drug-likeness (QED) is 0.100. The highest BCUT2D eigenvalue weighted by molar-refractivity contribution is 5.27. The lowest BCUT2D eigenvalue weighted by atomic mass is 9.98. The molecule has 0 aliphatic heterocycles. The van der Waals surface area contributed by atoms with Crippen molar-refractivity contribution >= 4 is 0 Å². The van der Waals surface area contributed by atoms with Gasteiger partial charge >= 0.3 is 0 Å². The number of hydrogen-bond donors (Lipinski definition) is 1. The van der Waals surface area contributed by atoms with Crippen LogP contribution in [0.25, 0.3) is 0 Å². The standard InChI is InChI=1S/C41H68O2/c1-34(22-14-24-36(3)26-16-28-38(5)30-18-32-40(7,8)42)20-12-13-21-35(2)23-15-25-37(4)27-17-29-39(6)31-19-33-41(9,10)43-11/h12-13,15,20-21,23-25,28-29,42H,14,16-19,22,26-27,30-33H2,1-11H3/b13-12+,23-15+,34-20+,35-21+,36-24+,37-25+,38-28+,39-29+. The van der Waals surface area contributed by atoms with Gasteiger partial charge in [0.05, 0.1) is 11.2 Å². The Kier molecular flexibility index (Phi) is 22.1. The Morgan fingerprint density at radius 1 is 0.558 bits per heavy atom. The summed E-state index contributed by atoms with van der Waals surface area (Å²) in [6.07, 6.45) is 35.5. The van der Waals surface area contributed by atoms with Gasteiger partial charge in [-0.25, -0.2) is 0 Å². The van der Waals surface area contributed by atoms with Gasteiger partial charge in [0.15, 0.2) is 0 Å². The van der Waals surface area contributed by atoms with Crippen LogP contribution in [-0.2, 0) is 4.74 Å². The summed E-state index contributed by atoms with van der Waals surface area (Å²) < 4.78 is 5.52. The van der Waals surface area contributed by atoms with E-state index in [4.69, 9.17) is 4.74 Å². The van der Waals surface area contributed by atoms with E-state index < -0.39 is 5.60 Å². The predicted molar refractivity (Wildman–Crippen MR) is 194 cm³/mol. The second kappa shape index (κ2) is 23.3. The highest BCUT2D eigenvalue weighted by atomic mass is 16.5. The molecule has 0 radical (unpaired) electrons. The van der Waals surface area contributed by atoms with Crippen molar-refractivity contribution < 1.29 is 9.84 Å². The fourth-order valence-corrected chi connectivity index (χ4v) is 4.65. The zero-order valence-electron chi connectivity index (χ0n) is 30.1. The summed E-state index contributed by atoms with van der Waals surface area (Å²) in [5.41, 5.74) is 7.91. The first-order valence-corrected chi connectivity index (χ1v) is 16.7. The molecular formula is C41H68O2. The molecule has 0 aliphatic rings. The third kappa shape index (κ3) is 27.1. The molecule has 0 heterocycles. The van der Waals surface area contributed by atoms with Crippen molar-refractivity contribution in [3.63, 3.8) is 0 Å². The number of methoxy groups -OCH3 is 1. The number of ether oxygens (including phenoxy) is 1. The Morgan fingerprint density at radius 3 is 1.47 bits per heavy atom. The van der Waals surface area contributed by atoms with Crippen molar-refractivity contribution in [2.75, 3.05) is 7.11 Å². The van der Waals surface area contributed by atoms with Gasteiger partial charge in [0.1, 0.15) is 0 Å². The lowest BCUT2D eigenvalue weighted by molar-refractivity contribution is 0.0140. The number of allylic oxidation sites excluding steroid dienone is 16. The smallest absolute Gasteiger partial charge is 0.0622 e. The first kappa shape index (κ1) is 40.8. The molecule has 0 bridgehead atoms. The minimum absolute atomic E-state index is 0.0145. The van der Waals surface area contributed by atoms with Crippen molar-refractivity contribution in [1.29, 1.82) is 0 Å². The van der Waals surface area contributed by atoms with Gasteiger partial charge in [-0.2, -0.15) is 0 Å². The normalized spacial score (nSPS) is 15.4. The molecule has 2 heteroatoms. The van der Waals surface area contributed by atoms with Crippen LogP contribution in [0.2, 0.25) is 0 Å². The van der Waals surface area contributed by atoms with E-state index in [2.05, 4.69) is 116 Å². The summed E-state index contributed by atoms with van der Waals surface area (Å²) in [6, 6.07) is 0. The zero-order chi connectivity index (χ0) is 32.7. The molecule has 0 saturated carbocycles. The average Bonchev–Trinajstić information content (AvgIpc) is 2.90. The van der Waals surface area contributed by atoms with Crippen molar-refractivity contribution in [2.45, 2.75) is 157 Å². The largest absolute Gasteiger partial charge is 0.390 e. The van der Waals surface area contributed by atoms with Gasteiger partial charge in [0.25, 0.3) is 0 Å². The molecule has 0 aromatic heterocycles. The van der Waals surface area contributed by atoms with Crippen molar-refractivity contribution in [1.82, 2.24) is 0 Å². The van der Waals surface area contributed by atoms with Crippen LogP contribution in [0.5, 0.6) is 0 Å². The van der Waals surface area contributed by atoms with E-state index >= 15 is 0 Å². The molecule has 0 saturated heterocycles. The molecule has 0 amide bonds. The van der Waals surface area contributed by atoms with E-state index in [1.54, 1.807) is 7.11 Å². The van der Waals surface area contributed by atoms with Gasteiger partial charge in [0.2, 0.25) is 0 Å². The molecule has 0 aromatic carbocycles. The molecule has 244 valence electrons. The maximum Gasteiger partial charge on any atom is 0.0622 e. The van der Waals surface area contributed by atoms with Crippen LogP contribution >= 0.6 is 0 Å². The van der Waals surface area contributed by atoms with E-state index in [0.29, 0.717) is 0 Å². The second-order valence-electron chi connectivity index (χ2n) is 13.9. The van der Waals surface area contributed by atoms with Gasteiger partial charge in [-0.05, 0) is 146 Å². The Bertz CT molecular complexity index is 1010. The molecule has 0 aliphatic carbocycles. The topological polar surface area (TPSA) is 29.5 Å². The summed E-state index contributed by atoms with van der Waals surface area (Å²) in [4.78, 5) is 0. The SMILES string of the molecule is COC(C)(C)CCC/C(C)=C/CC/C(C)=C/C=C/C(C)=C/C=C/C=C(\C)CC/C=C(\C)CC/C=C(\C)CCCC(C)(C)O. The molecule has 0 rings (SSSR count). The van der Waals surface area contributed by atoms with Crippen molar-refractivity contribution in [3.05, 3.63) is 94.2 Å². The van der Waals surface area contributed by atoms with Crippen LogP contribution in [0.3, 0.4) is 0 Å². The van der Waals surface area contributed by atoms with Gasteiger partial charge in [0, 0.05) is 7.11 Å². The first-order valence-electron chi connectivity index (χ1n) is 16.7. The number of hydrogen-bond acceptors (Lipinski definition) is 2. The summed E-state index contributed by atoms with van der Waals surface area (Å²) in [5, 5.41) is 9.85. The maximum absolute atomic E-state index is 9.85. The van der Waals surface area contributed by atoms with Gasteiger partial charge in [-0.15, -0.1) is 0 Å². The van der Waals surface area contributed by atoms with Gasteiger partial charge < -0.3 is 9.84 Å². The van der Waals surface area contributed by atoms with E-state index in [-0.39, 0.29) is 5.60 Å². The van der Waals surface area contributed by atoms with Crippen LogP contribution in [0.1, 0.15) is 146 Å². The summed E-state index contributed by atoms with van der Waals surface area (Å²) in [5.74, 6) is 0. The van der Waals surface area contributed by atoms with Crippen molar-refractivity contribution in [2.24, 2.45) is 0 Å². The van der Waals surface area contributed by atoms with Gasteiger partial charge in [-0.3, -0.25) is 0 Å². The molecule has 2 nitrogen and oxygen atoms in total. The van der Waals surface area contributed by atoms with Crippen LogP contribution in [-0.4, -0.2) is 23.4 Å². The summed E-state index contributed by atoms with van der Waals surface area (Å²) in [7, 11) is 1.80. The monoisotopic (exact) mass is 593 g/mol. The zero-order valence-corrected chi connectivity index (χ0v) is 30.1. The fraction of sp³-hybridized carbons (Fsp3) is 0.610. The summed E-state index contributed by atoms with van der Waals surface area (Å²) >= 11 is 0. The van der Waals surface area contributed by atoms with E-state index in [0.717, 1.165) is 70.6 Å². The minimum Gasteiger partial charge on any atom is -0.390 e. The second-order valence-corrected chi connectivity index (χ2v) is 13.9. The van der Waals surface area contributed by atoms with E-state index in [1.807, 2.05) is 13.8 Å². The predicted octanol–water partition coefficient (Wildman–Crippen LogP) is 12.7. The Morgan fingerprint density at radius 2 is 0.977 bits per heavy atom. The Hall–Kier alpha value is -2.16. The molecule has 1 N–H and O–H groups in total. The average molecular weight is 593 g/mol. The highest BCUT2D eigenvalue weighted by Gasteiger charge is 2.15. The Balaban J connectivity index is 4.38. The number of rotatable bonds is 22. The first-order chi connectivity index (χ1) is 20.1. The van der Waals surface area contributed by atoms with Gasteiger partial charge in [-0.1, -0.05) is 94.2 Å². The molecule has 0 unspecified atom stereocenters. The van der Waals surface area contributed by atoms with E-state index in [9.17, 15) is 5.11 Å². The van der Waals surface area contributed by atoms with Crippen LogP contribution in [0.15, 0.2) is 94.2 Å². The highest BCUT2D eigenvalue weighted by Crippen LogP contribution is 2.20. The van der Waals surface area contributed by atoms with E-state index in [1.165, 1.54) is 39.9 Å². The third-order valence-corrected chi connectivity index (χ3v) is 7.95. The molecule has 0 spiro atoms. The molecule has 0 fully saturated rings. The Labute approximate surface area is 268 Å². The molecule has 0 atom stereocenters. The summed E-state index contributed by atoms with van der Waals surface area (Å²) in [6.45, 7) is 21.4.